The Balaban J connectivity index is 1.72. The van der Waals surface area contributed by atoms with Crippen molar-refractivity contribution in [3.8, 4) is 0 Å². The summed E-state index contributed by atoms with van der Waals surface area (Å²) >= 11 is 0. The first kappa shape index (κ1) is 14.5. The zero-order valence-electron chi connectivity index (χ0n) is 12.1. The molecule has 4 heteroatoms. The van der Waals surface area contributed by atoms with Crippen LogP contribution in [0.25, 0.3) is 0 Å². The van der Waals surface area contributed by atoms with Crippen LogP contribution in [0.5, 0.6) is 0 Å². The fourth-order valence-electron chi connectivity index (χ4n) is 2.86. The predicted molar refractivity (Wildman–Crippen MR) is 77.0 cm³/mol. The molecule has 108 valence electrons. The summed E-state index contributed by atoms with van der Waals surface area (Å²) in [5.74, 6) is 0. The van der Waals surface area contributed by atoms with E-state index in [4.69, 9.17) is 10.2 Å². The molecule has 1 aromatic rings. The number of nitrogens with zero attached hydrogens (tertiary/aromatic N) is 3. The largest absolute Gasteiger partial charge is 0.396 e. The lowest BCUT2D eigenvalue weighted by Crippen LogP contribution is -2.19. The molecular formula is C15H27N3O. The van der Waals surface area contributed by atoms with E-state index in [1.165, 1.54) is 31.4 Å². The third-order valence-corrected chi connectivity index (χ3v) is 3.99. The van der Waals surface area contributed by atoms with Crippen LogP contribution in [0.1, 0.15) is 56.7 Å². The molecule has 1 aliphatic rings. The van der Waals surface area contributed by atoms with Crippen LogP contribution in [0.3, 0.4) is 0 Å². The summed E-state index contributed by atoms with van der Waals surface area (Å²) < 4.78 is 2.17. The highest BCUT2D eigenvalue weighted by molar-refractivity contribution is 5.00. The number of aliphatic hydroxyl groups excluding tert-OH is 1. The molecular weight excluding hydrogens is 238 g/mol. The smallest absolute Gasteiger partial charge is 0.0764 e. The van der Waals surface area contributed by atoms with Crippen molar-refractivity contribution in [1.82, 2.24) is 14.7 Å². The van der Waals surface area contributed by atoms with Crippen LogP contribution in [0, 0.1) is 0 Å². The second-order valence-corrected chi connectivity index (χ2v) is 5.75. The van der Waals surface area contributed by atoms with Gasteiger partial charge in [0.2, 0.25) is 0 Å². The molecule has 0 spiro atoms. The summed E-state index contributed by atoms with van der Waals surface area (Å²) in [4.78, 5) is 2.32. The normalized spacial score (nSPS) is 16.6. The van der Waals surface area contributed by atoms with E-state index in [9.17, 15) is 0 Å². The number of hydrogen-bond donors (Lipinski definition) is 1. The molecule has 1 heterocycles. The number of hydrogen-bond acceptors (Lipinski definition) is 3. The number of aliphatic hydroxyl groups is 1. The van der Waals surface area contributed by atoms with Crippen molar-refractivity contribution in [1.29, 1.82) is 0 Å². The van der Waals surface area contributed by atoms with Gasteiger partial charge in [-0.3, -0.25) is 4.68 Å². The minimum Gasteiger partial charge on any atom is -0.396 e. The van der Waals surface area contributed by atoms with Gasteiger partial charge < -0.3 is 10.0 Å². The molecule has 0 bridgehead atoms. The zero-order chi connectivity index (χ0) is 13.5. The van der Waals surface area contributed by atoms with Gasteiger partial charge in [0.1, 0.15) is 0 Å². The number of rotatable bonds is 8. The third-order valence-electron chi connectivity index (χ3n) is 3.99. The lowest BCUT2D eigenvalue weighted by Gasteiger charge is -2.15. The Morgan fingerprint density at radius 3 is 2.84 bits per heavy atom. The van der Waals surface area contributed by atoms with Gasteiger partial charge in [-0.25, -0.2) is 0 Å². The maximum absolute atomic E-state index is 8.75. The molecule has 2 rings (SSSR count). The number of unbranched alkanes of at least 4 members (excludes halogenated alkanes) is 2. The lowest BCUT2D eigenvalue weighted by atomic mass is 10.2. The Morgan fingerprint density at radius 1 is 1.32 bits per heavy atom. The maximum Gasteiger partial charge on any atom is 0.0764 e. The van der Waals surface area contributed by atoms with E-state index in [1.54, 1.807) is 0 Å². The second-order valence-electron chi connectivity index (χ2n) is 5.75. The van der Waals surface area contributed by atoms with Gasteiger partial charge in [0.25, 0.3) is 0 Å². The van der Waals surface area contributed by atoms with Gasteiger partial charge in [-0.05, 0) is 51.8 Å². The van der Waals surface area contributed by atoms with Crippen molar-refractivity contribution in [2.45, 2.75) is 57.5 Å². The molecule has 0 radical (unpaired) electrons. The van der Waals surface area contributed by atoms with E-state index < -0.39 is 0 Å². The highest BCUT2D eigenvalue weighted by atomic mass is 16.2. The van der Waals surface area contributed by atoms with Gasteiger partial charge in [-0.1, -0.05) is 12.8 Å². The molecule has 1 saturated carbocycles. The summed E-state index contributed by atoms with van der Waals surface area (Å²) in [6.07, 6.45) is 10.6. The highest BCUT2D eigenvalue weighted by Gasteiger charge is 2.17. The van der Waals surface area contributed by atoms with E-state index in [0.29, 0.717) is 12.6 Å². The summed E-state index contributed by atoms with van der Waals surface area (Å²) in [5.41, 5.74) is 1.18. The van der Waals surface area contributed by atoms with Crippen LogP contribution in [-0.2, 0) is 6.54 Å². The average molecular weight is 265 g/mol. The molecule has 0 saturated heterocycles. The molecule has 1 fully saturated rings. The van der Waals surface area contributed by atoms with Gasteiger partial charge in [0, 0.05) is 19.3 Å². The molecule has 0 aromatic carbocycles. The van der Waals surface area contributed by atoms with E-state index >= 15 is 0 Å². The first-order valence-electron chi connectivity index (χ1n) is 7.63. The third kappa shape index (κ3) is 4.62. The Labute approximate surface area is 116 Å². The van der Waals surface area contributed by atoms with Crippen LogP contribution >= 0.6 is 0 Å². The molecule has 0 atom stereocenters. The molecule has 0 aliphatic heterocycles. The molecule has 1 N–H and O–H groups in total. The maximum atomic E-state index is 8.75. The first-order valence-corrected chi connectivity index (χ1v) is 7.63. The fourth-order valence-corrected chi connectivity index (χ4v) is 2.86. The number of aromatic nitrogens is 2. The zero-order valence-corrected chi connectivity index (χ0v) is 12.1. The molecule has 1 aromatic heterocycles. The SMILES string of the molecule is CN(CCCCCO)Cc1ccn(C2CCCC2)n1. The van der Waals surface area contributed by atoms with Crippen LogP contribution in [-0.4, -0.2) is 40.0 Å². The van der Waals surface area contributed by atoms with Gasteiger partial charge in [-0.2, -0.15) is 5.10 Å². The molecule has 0 unspecified atom stereocenters. The summed E-state index contributed by atoms with van der Waals surface area (Å²) in [6, 6.07) is 2.80. The van der Waals surface area contributed by atoms with E-state index in [2.05, 4.69) is 28.9 Å². The summed E-state index contributed by atoms with van der Waals surface area (Å²) in [6.45, 7) is 2.32. The van der Waals surface area contributed by atoms with Gasteiger partial charge in [0.15, 0.2) is 0 Å². The lowest BCUT2D eigenvalue weighted by molar-refractivity contribution is 0.270. The van der Waals surface area contributed by atoms with Gasteiger partial charge in [-0.15, -0.1) is 0 Å². The van der Waals surface area contributed by atoms with Crippen molar-refractivity contribution in [3.63, 3.8) is 0 Å². The van der Waals surface area contributed by atoms with Crippen molar-refractivity contribution in [2.75, 3.05) is 20.2 Å². The minimum atomic E-state index is 0.315. The standard InChI is InChI=1S/C15H27N3O/c1-17(10-5-2-6-12-19)13-14-9-11-18(16-14)15-7-3-4-8-15/h9,11,15,19H,2-8,10,12-13H2,1H3. The van der Waals surface area contributed by atoms with E-state index in [-0.39, 0.29) is 0 Å². The average Bonchev–Trinajstić information content (AvgIpc) is 3.04. The first-order chi connectivity index (χ1) is 9.29. The molecule has 4 nitrogen and oxygen atoms in total. The Hall–Kier alpha value is -0.870. The molecule has 1 aliphatic carbocycles. The van der Waals surface area contributed by atoms with Crippen molar-refractivity contribution in [2.24, 2.45) is 0 Å². The Morgan fingerprint density at radius 2 is 2.11 bits per heavy atom. The van der Waals surface area contributed by atoms with Crippen molar-refractivity contribution >= 4 is 0 Å². The van der Waals surface area contributed by atoms with Gasteiger partial charge in [0.05, 0.1) is 11.7 Å². The van der Waals surface area contributed by atoms with Crippen LogP contribution in [0.15, 0.2) is 12.3 Å². The highest BCUT2D eigenvalue weighted by Crippen LogP contribution is 2.28. The van der Waals surface area contributed by atoms with Gasteiger partial charge >= 0.3 is 0 Å². The quantitative estimate of drug-likeness (QED) is 0.735. The summed E-state index contributed by atoms with van der Waals surface area (Å²) in [5, 5.41) is 13.5. The molecule has 19 heavy (non-hydrogen) atoms. The van der Waals surface area contributed by atoms with Crippen LogP contribution in [0.2, 0.25) is 0 Å². The fraction of sp³-hybridized carbons (Fsp3) is 0.800. The van der Waals surface area contributed by atoms with Crippen LogP contribution < -0.4 is 0 Å². The summed E-state index contributed by atoms with van der Waals surface area (Å²) in [7, 11) is 2.15. The molecule has 0 amide bonds. The Bertz CT molecular complexity index is 358. The monoisotopic (exact) mass is 265 g/mol. The second kappa shape index (κ2) is 7.65. The Kier molecular flexibility index (Phi) is 5.86. The van der Waals surface area contributed by atoms with Crippen LogP contribution in [0.4, 0.5) is 0 Å². The minimum absolute atomic E-state index is 0.315. The van der Waals surface area contributed by atoms with E-state index in [1.807, 2.05) is 0 Å². The van der Waals surface area contributed by atoms with E-state index in [0.717, 1.165) is 32.4 Å². The van der Waals surface area contributed by atoms with Crippen molar-refractivity contribution < 1.29 is 5.11 Å². The predicted octanol–water partition coefficient (Wildman–Crippen LogP) is 2.59. The topological polar surface area (TPSA) is 41.3 Å². The van der Waals surface area contributed by atoms with Crippen molar-refractivity contribution in [3.05, 3.63) is 18.0 Å².